The van der Waals surface area contributed by atoms with E-state index in [-0.39, 0.29) is 36.8 Å². The fourth-order valence-corrected chi connectivity index (χ4v) is 1.64. The van der Waals surface area contributed by atoms with Crippen LogP contribution in [0.15, 0.2) is 0 Å². The van der Waals surface area contributed by atoms with Crippen LogP contribution in [0.3, 0.4) is 0 Å². The van der Waals surface area contributed by atoms with Gasteiger partial charge in [-0.3, -0.25) is 9.59 Å². The zero-order valence-corrected chi connectivity index (χ0v) is 13.1. The second kappa shape index (κ2) is 12.2. The Morgan fingerprint density at radius 2 is 1.74 bits per heavy atom. The van der Waals surface area contributed by atoms with Crippen LogP contribution in [0, 0.1) is 0 Å². The summed E-state index contributed by atoms with van der Waals surface area (Å²) in [6.07, 6.45) is 4.49. The lowest BCUT2D eigenvalue weighted by Crippen LogP contribution is -2.40. The summed E-state index contributed by atoms with van der Waals surface area (Å²) in [6.45, 7) is 4.65. The molecular weight excluding hydrogens is 266 g/mol. The Hall–Kier alpha value is -0.810. The van der Waals surface area contributed by atoms with Crippen LogP contribution in [0.25, 0.3) is 0 Å². The third-order valence-corrected chi connectivity index (χ3v) is 2.60. The van der Waals surface area contributed by atoms with Crippen molar-refractivity contribution in [3.05, 3.63) is 0 Å². The predicted molar refractivity (Wildman–Crippen MR) is 80.3 cm³/mol. The molecule has 0 atom stereocenters. The van der Waals surface area contributed by atoms with E-state index in [1.807, 2.05) is 13.8 Å². The number of carbonyl (C=O) groups excluding carboxylic acids is 2. The van der Waals surface area contributed by atoms with Gasteiger partial charge in [0.05, 0.1) is 6.54 Å². The van der Waals surface area contributed by atoms with E-state index in [9.17, 15) is 9.59 Å². The maximum absolute atomic E-state index is 11.7. The number of nitrogens with zero attached hydrogens (tertiary/aromatic N) is 1. The molecule has 6 heteroatoms. The third-order valence-electron chi connectivity index (χ3n) is 2.60. The quantitative estimate of drug-likeness (QED) is 0.629. The van der Waals surface area contributed by atoms with Gasteiger partial charge in [-0.25, -0.2) is 0 Å². The average Bonchev–Trinajstić information content (AvgIpc) is 2.27. The molecule has 0 rings (SSSR count). The molecule has 0 heterocycles. The first-order chi connectivity index (χ1) is 8.47. The topological polar surface area (TPSA) is 75.4 Å². The minimum atomic E-state index is -0.107. The van der Waals surface area contributed by atoms with Gasteiger partial charge < -0.3 is 16.0 Å². The van der Waals surface area contributed by atoms with Crippen LogP contribution < -0.4 is 11.1 Å². The molecule has 0 radical (unpaired) electrons. The highest BCUT2D eigenvalue weighted by Crippen LogP contribution is 2.04. The van der Waals surface area contributed by atoms with Crippen LogP contribution in [0.2, 0.25) is 0 Å². The van der Waals surface area contributed by atoms with Crippen LogP contribution in [0.5, 0.6) is 0 Å². The van der Waals surface area contributed by atoms with E-state index in [1.165, 1.54) is 4.90 Å². The molecule has 114 valence electrons. The van der Waals surface area contributed by atoms with Crippen molar-refractivity contribution in [2.45, 2.75) is 52.0 Å². The smallest absolute Gasteiger partial charge is 0.239 e. The van der Waals surface area contributed by atoms with Gasteiger partial charge in [0, 0.05) is 19.5 Å². The van der Waals surface area contributed by atoms with Gasteiger partial charge in [0.25, 0.3) is 0 Å². The van der Waals surface area contributed by atoms with Crippen LogP contribution in [0.1, 0.15) is 46.0 Å². The summed E-state index contributed by atoms with van der Waals surface area (Å²) in [5.41, 5.74) is 5.39. The molecule has 0 aliphatic rings. The summed E-state index contributed by atoms with van der Waals surface area (Å²) < 4.78 is 0. The highest BCUT2D eigenvalue weighted by atomic mass is 35.5. The van der Waals surface area contributed by atoms with E-state index in [1.54, 1.807) is 7.05 Å². The monoisotopic (exact) mass is 293 g/mol. The fourth-order valence-electron chi connectivity index (χ4n) is 1.64. The Morgan fingerprint density at radius 3 is 2.26 bits per heavy atom. The first-order valence-corrected chi connectivity index (χ1v) is 6.70. The van der Waals surface area contributed by atoms with Gasteiger partial charge in [0.1, 0.15) is 0 Å². The van der Waals surface area contributed by atoms with Gasteiger partial charge in [-0.2, -0.15) is 0 Å². The summed E-state index contributed by atoms with van der Waals surface area (Å²) in [4.78, 5) is 24.7. The number of rotatable bonds is 9. The molecule has 0 bridgehead atoms. The van der Waals surface area contributed by atoms with E-state index in [0.717, 1.165) is 25.7 Å². The highest BCUT2D eigenvalue weighted by Gasteiger charge is 2.12. The highest BCUT2D eigenvalue weighted by molar-refractivity contribution is 5.85. The lowest BCUT2D eigenvalue weighted by molar-refractivity contribution is -0.135. The Bertz CT molecular complexity index is 260. The van der Waals surface area contributed by atoms with Gasteiger partial charge in [0.2, 0.25) is 11.8 Å². The van der Waals surface area contributed by atoms with Crippen molar-refractivity contribution in [2.24, 2.45) is 5.73 Å². The minimum absolute atomic E-state index is 0. The maximum Gasteiger partial charge on any atom is 0.239 e. The number of hydrogen-bond donors (Lipinski definition) is 2. The standard InChI is InChI=1S/C13H27N3O2.ClH/c1-11(2)15-12(17)10-16(3)13(18)8-6-4-5-7-9-14;/h11H,4-10,14H2,1-3H3,(H,15,17);1H. The molecule has 0 aliphatic carbocycles. The van der Waals surface area contributed by atoms with Crippen molar-refractivity contribution >= 4 is 24.2 Å². The van der Waals surface area contributed by atoms with Crippen molar-refractivity contribution in [3.63, 3.8) is 0 Å². The van der Waals surface area contributed by atoms with Crippen LogP contribution in [-0.2, 0) is 9.59 Å². The van der Waals surface area contributed by atoms with Crippen molar-refractivity contribution in [1.82, 2.24) is 10.2 Å². The average molecular weight is 294 g/mol. The van der Waals surface area contributed by atoms with Crippen molar-refractivity contribution in [3.8, 4) is 0 Å². The molecule has 0 aromatic heterocycles. The van der Waals surface area contributed by atoms with Crippen LogP contribution >= 0.6 is 12.4 Å². The minimum Gasteiger partial charge on any atom is -0.352 e. The number of hydrogen-bond acceptors (Lipinski definition) is 3. The summed E-state index contributed by atoms with van der Waals surface area (Å²) in [5.74, 6) is -0.0781. The number of unbranched alkanes of at least 4 members (excludes halogenated alkanes) is 3. The SMILES string of the molecule is CC(C)NC(=O)CN(C)C(=O)CCCCCCN.Cl. The van der Waals surface area contributed by atoms with Gasteiger partial charge in [-0.05, 0) is 33.2 Å². The number of halogens is 1. The fraction of sp³-hybridized carbons (Fsp3) is 0.846. The molecule has 3 N–H and O–H groups in total. The molecule has 19 heavy (non-hydrogen) atoms. The summed E-state index contributed by atoms with van der Waals surface area (Å²) in [5, 5.41) is 2.77. The third kappa shape index (κ3) is 12.0. The number of carbonyl (C=O) groups is 2. The van der Waals surface area contributed by atoms with Crippen LogP contribution in [0.4, 0.5) is 0 Å². The molecule has 0 unspecified atom stereocenters. The molecule has 0 aromatic carbocycles. The molecular formula is C13H28ClN3O2. The van der Waals surface area contributed by atoms with Crippen molar-refractivity contribution < 1.29 is 9.59 Å². The van der Waals surface area contributed by atoms with E-state index in [0.29, 0.717) is 13.0 Å². The van der Waals surface area contributed by atoms with Gasteiger partial charge in [-0.1, -0.05) is 12.8 Å². The van der Waals surface area contributed by atoms with Crippen molar-refractivity contribution in [1.29, 1.82) is 0 Å². The number of amides is 2. The predicted octanol–water partition coefficient (Wildman–Crippen LogP) is 1.30. The Balaban J connectivity index is 0. The van der Waals surface area contributed by atoms with E-state index < -0.39 is 0 Å². The van der Waals surface area contributed by atoms with E-state index in [2.05, 4.69) is 5.32 Å². The Morgan fingerprint density at radius 1 is 1.16 bits per heavy atom. The zero-order valence-electron chi connectivity index (χ0n) is 12.3. The maximum atomic E-state index is 11.7. The molecule has 0 spiro atoms. The first-order valence-electron chi connectivity index (χ1n) is 6.70. The zero-order chi connectivity index (χ0) is 14.0. The van der Waals surface area contributed by atoms with Crippen LogP contribution in [-0.4, -0.2) is 42.9 Å². The molecule has 0 saturated carbocycles. The van der Waals surface area contributed by atoms with Gasteiger partial charge >= 0.3 is 0 Å². The lowest BCUT2D eigenvalue weighted by Gasteiger charge is -2.17. The molecule has 2 amide bonds. The lowest BCUT2D eigenvalue weighted by atomic mass is 10.1. The number of likely N-dealkylation sites (N-methyl/N-ethyl adjacent to an activating group) is 1. The largest absolute Gasteiger partial charge is 0.352 e. The summed E-state index contributed by atoms with van der Waals surface area (Å²) in [7, 11) is 1.67. The van der Waals surface area contributed by atoms with E-state index in [4.69, 9.17) is 5.73 Å². The second-order valence-electron chi connectivity index (χ2n) is 4.92. The normalized spacial score (nSPS) is 9.95. The summed E-state index contributed by atoms with van der Waals surface area (Å²) >= 11 is 0. The van der Waals surface area contributed by atoms with Crippen molar-refractivity contribution in [2.75, 3.05) is 20.1 Å². The van der Waals surface area contributed by atoms with Gasteiger partial charge in [0.15, 0.2) is 0 Å². The first kappa shape index (κ1) is 20.5. The Kier molecular flexibility index (Phi) is 13.2. The summed E-state index contributed by atoms with van der Waals surface area (Å²) in [6, 6.07) is 0.109. The molecule has 0 saturated heterocycles. The second-order valence-corrected chi connectivity index (χ2v) is 4.92. The number of nitrogens with one attached hydrogen (secondary N) is 1. The molecule has 0 fully saturated rings. The molecule has 5 nitrogen and oxygen atoms in total. The number of nitrogens with two attached hydrogens (primary N) is 1. The van der Waals surface area contributed by atoms with Gasteiger partial charge in [-0.15, -0.1) is 12.4 Å². The molecule has 0 aromatic rings. The van der Waals surface area contributed by atoms with E-state index >= 15 is 0 Å². The molecule has 0 aliphatic heterocycles. The Labute approximate surface area is 122 Å².